The summed E-state index contributed by atoms with van der Waals surface area (Å²) in [6.45, 7) is 1.74. The van der Waals surface area contributed by atoms with E-state index in [1.165, 1.54) is 21.2 Å². The van der Waals surface area contributed by atoms with Gasteiger partial charge in [-0.3, -0.25) is 28.7 Å². The van der Waals surface area contributed by atoms with Crippen molar-refractivity contribution >= 4 is 46.5 Å². The smallest absolute Gasteiger partial charge is 0.308 e. The number of carbonyl (C=O) groups excluding carboxylic acids is 3. The summed E-state index contributed by atoms with van der Waals surface area (Å²) in [4.78, 5) is 61.4. The third-order valence-electron chi connectivity index (χ3n) is 7.08. The van der Waals surface area contributed by atoms with Gasteiger partial charge in [0.05, 0.1) is 37.0 Å². The lowest BCUT2D eigenvalue weighted by molar-refractivity contribution is -0.136. The van der Waals surface area contributed by atoms with Crippen LogP contribution in [-0.2, 0) is 25.7 Å². The summed E-state index contributed by atoms with van der Waals surface area (Å²) in [5.74, 6) is -1.49. The number of methoxy groups -OCH3 is 1. The molecular formula is C26H24N4O6S2. The maximum atomic E-state index is 13.9. The van der Waals surface area contributed by atoms with Crippen LogP contribution in [0.2, 0.25) is 0 Å². The first-order valence-corrected chi connectivity index (χ1v) is 13.8. The van der Waals surface area contributed by atoms with E-state index < -0.39 is 17.1 Å². The quantitative estimate of drug-likeness (QED) is 0.442. The fourth-order valence-electron chi connectivity index (χ4n) is 5.21. The first kappa shape index (κ1) is 24.8. The van der Waals surface area contributed by atoms with E-state index in [1.54, 1.807) is 54.7 Å². The first-order valence-electron chi connectivity index (χ1n) is 12.2. The second-order valence-corrected chi connectivity index (χ2v) is 11.3. The summed E-state index contributed by atoms with van der Waals surface area (Å²) in [6.07, 6.45) is 3.31. The average Bonchev–Trinajstić information content (AvgIpc) is 3.40. The minimum Gasteiger partial charge on any atom is -0.497 e. The molecule has 0 spiro atoms. The van der Waals surface area contributed by atoms with Crippen LogP contribution < -0.4 is 14.5 Å². The van der Waals surface area contributed by atoms with E-state index in [4.69, 9.17) is 9.47 Å². The van der Waals surface area contributed by atoms with Gasteiger partial charge in [0.25, 0.3) is 0 Å². The molecule has 3 amide bonds. The molecule has 12 heteroatoms. The molecule has 2 saturated heterocycles. The van der Waals surface area contributed by atoms with E-state index in [1.807, 2.05) is 6.07 Å². The molecule has 0 aliphatic carbocycles. The minimum atomic E-state index is -0.749. The molecule has 6 rings (SSSR count). The lowest BCUT2D eigenvalue weighted by atomic mass is 9.84. The van der Waals surface area contributed by atoms with Crippen molar-refractivity contribution in [2.24, 2.45) is 5.92 Å². The van der Waals surface area contributed by atoms with Gasteiger partial charge in [0.15, 0.2) is 0 Å². The number of ether oxygens (including phenoxy) is 2. The summed E-state index contributed by atoms with van der Waals surface area (Å²) >= 11 is 2.23. The van der Waals surface area contributed by atoms with Gasteiger partial charge < -0.3 is 14.4 Å². The topological polar surface area (TPSA) is 111 Å². The average molecular weight is 553 g/mol. The van der Waals surface area contributed by atoms with Gasteiger partial charge in [-0.1, -0.05) is 29.2 Å². The molecule has 3 aliphatic heterocycles. The molecule has 0 saturated carbocycles. The molecule has 0 radical (unpaired) electrons. The molecule has 0 bridgehead atoms. The number of nitrogens with zero attached hydrogens (tertiary/aromatic N) is 4. The number of pyridine rings is 1. The summed E-state index contributed by atoms with van der Waals surface area (Å²) in [7, 11) is 1.55. The third kappa shape index (κ3) is 4.12. The number of benzene rings is 1. The van der Waals surface area contributed by atoms with Crippen molar-refractivity contribution < 1.29 is 23.9 Å². The van der Waals surface area contributed by atoms with E-state index in [2.05, 4.69) is 4.98 Å². The van der Waals surface area contributed by atoms with Gasteiger partial charge in [-0.15, -0.1) is 0 Å². The van der Waals surface area contributed by atoms with E-state index in [0.29, 0.717) is 47.6 Å². The standard InChI is InChI=1S/C26H24N4O6S2/c1-35-17-6-4-16(5-7-17)30-23(32)20-19(15-3-2-8-27-13-15)22-25(37-21(20)24(30)33)29(26(34)38-22)14-18(31)28-9-11-36-12-10-28/h2-8,13,19-21H,9-12,14H2,1H3/t19-,20?,21?/m1/s1. The zero-order valence-electron chi connectivity index (χ0n) is 20.4. The Hall–Kier alpha value is -3.48. The maximum absolute atomic E-state index is 13.9. The number of hydrogen-bond donors (Lipinski definition) is 0. The number of thiazole rings is 1. The zero-order chi connectivity index (χ0) is 26.4. The number of morpholine rings is 1. The molecule has 2 unspecified atom stereocenters. The highest BCUT2D eigenvalue weighted by Gasteiger charge is 2.57. The lowest BCUT2D eigenvalue weighted by Gasteiger charge is -2.31. The summed E-state index contributed by atoms with van der Waals surface area (Å²) in [5, 5.41) is -0.185. The number of fused-ring (bicyclic) bond motifs is 2. The number of amides is 3. The van der Waals surface area contributed by atoms with Gasteiger partial charge >= 0.3 is 4.87 Å². The lowest BCUT2D eigenvalue weighted by Crippen LogP contribution is -2.43. The minimum absolute atomic E-state index is 0.126. The number of rotatable bonds is 5. The Kier molecular flexibility index (Phi) is 6.54. The van der Waals surface area contributed by atoms with Crippen LogP contribution in [0.3, 0.4) is 0 Å². The van der Waals surface area contributed by atoms with Crippen LogP contribution in [0, 0.1) is 5.92 Å². The van der Waals surface area contributed by atoms with Crippen LogP contribution in [0.25, 0.3) is 0 Å². The normalized spacial score (nSPS) is 22.8. The van der Waals surface area contributed by atoms with Crippen molar-refractivity contribution in [1.29, 1.82) is 0 Å². The number of carbonyl (C=O) groups is 3. The molecule has 2 aromatic heterocycles. The van der Waals surface area contributed by atoms with Gasteiger partial charge in [-0.25, -0.2) is 4.90 Å². The zero-order valence-corrected chi connectivity index (χ0v) is 22.1. The fourth-order valence-corrected chi connectivity index (χ4v) is 7.98. The highest BCUT2D eigenvalue weighted by molar-refractivity contribution is 8.00. The number of hydrogen-bond acceptors (Lipinski definition) is 9. The second-order valence-electron chi connectivity index (χ2n) is 9.15. The molecule has 196 valence electrons. The number of thioether (sulfide) groups is 1. The molecule has 1 aromatic carbocycles. The van der Waals surface area contributed by atoms with E-state index >= 15 is 0 Å². The van der Waals surface area contributed by atoms with Crippen molar-refractivity contribution in [3.8, 4) is 5.75 Å². The Balaban J connectivity index is 1.41. The molecule has 3 aromatic rings. The van der Waals surface area contributed by atoms with E-state index in [0.717, 1.165) is 16.9 Å². The SMILES string of the molecule is COc1ccc(N2C(=O)C3Sc4c(sc(=O)n4CC(=O)N4CCOCC4)[C@H](c4cccnc4)C3C2=O)cc1. The first-order chi connectivity index (χ1) is 18.5. The van der Waals surface area contributed by atoms with Gasteiger partial charge in [0, 0.05) is 36.3 Å². The molecule has 5 heterocycles. The summed E-state index contributed by atoms with van der Waals surface area (Å²) < 4.78 is 12.0. The van der Waals surface area contributed by atoms with Gasteiger partial charge in [0.1, 0.15) is 17.5 Å². The second kappa shape index (κ2) is 10.0. The predicted molar refractivity (Wildman–Crippen MR) is 141 cm³/mol. The molecule has 38 heavy (non-hydrogen) atoms. The van der Waals surface area contributed by atoms with Crippen molar-refractivity contribution in [1.82, 2.24) is 14.5 Å². The van der Waals surface area contributed by atoms with Crippen LogP contribution >= 0.6 is 23.1 Å². The number of imide groups is 1. The predicted octanol–water partition coefficient (Wildman–Crippen LogP) is 1.97. The Morgan fingerprint density at radius 2 is 1.87 bits per heavy atom. The van der Waals surface area contributed by atoms with Crippen LogP contribution in [0.4, 0.5) is 5.69 Å². The van der Waals surface area contributed by atoms with Crippen LogP contribution in [0.1, 0.15) is 16.4 Å². The molecule has 10 nitrogen and oxygen atoms in total. The van der Waals surface area contributed by atoms with Crippen molar-refractivity contribution in [2.75, 3.05) is 38.3 Å². The van der Waals surface area contributed by atoms with Crippen molar-refractivity contribution in [2.45, 2.75) is 22.7 Å². The molecular weight excluding hydrogens is 528 g/mol. The van der Waals surface area contributed by atoms with Crippen molar-refractivity contribution in [3.63, 3.8) is 0 Å². The molecule has 3 atom stereocenters. The Labute approximate surface area is 226 Å². The van der Waals surface area contributed by atoms with Crippen LogP contribution in [0.5, 0.6) is 5.75 Å². The Morgan fingerprint density at radius 3 is 2.55 bits per heavy atom. The van der Waals surface area contributed by atoms with Crippen LogP contribution in [0.15, 0.2) is 58.6 Å². The molecule has 0 N–H and O–H groups in total. The number of aromatic nitrogens is 2. The van der Waals surface area contributed by atoms with Crippen molar-refractivity contribution in [3.05, 3.63) is 68.9 Å². The highest BCUT2D eigenvalue weighted by atomic mass is 32.2. The maximum Gasteiger partial charge on any atom is 0.308 e. The number of anilines is 1. The van der Waals surface area contributed by atoms with Crippen LogP contribution in [-0.4, -0.2) is 70.8 Å². The van der Waals surface area contributed by atoms with Gasteiger partial charge in [-0.2, -0.15) is 0 Å². The van der Waals surface area contributed by atoms with E-state index in [-0.39, 0.29) is 29.1 Å². The van der Waals surface area contributed by atoms with E-state index in [9.17, 15) is 19.2 Å². The fraction of sp³-hybridized carbons (Fsp3) is 0.346. The molecule has 3 aliphatic rings. The summed E-state index contributed by atoms with van der Waals surface area (Å²) in [5.41, 5.74) is 1.21. The third-order valence-corrected chi connectivity index (χ3v) is 9.68. The Bertz CT molecular complexity index is 1450. The largest absolute Gasteiger partial charge is 0.497 e. The highest BCUT2D eigenvalue weighted by Crippen LogP contribution is 2.53. The van der Waals surface area contributed by atoms with Gasteiger partial charge in [-0.05, 0) is 35.9 Å². The van der Waals surface area contributed by atoms with Gasteiger partial charge in [0.2, 0.25) is 17.7 Å². The Morgan fingerprint density at radius 1 is 1.11 bits per heavy atom. The summed E-state index contributed by atoms with van der Waals surface area (Å²) in [6, 6.07) is 10.4. The molecule has 2 fully saturated rings. The monoisotopic (exact) mass is 552 g/mol.